The van der Waals surface area contributed by atoms with Gasteiger partial charge in [-0.15, -0.1) is 0 Å². The topological polar surface area (TPSA) is 51.4 Å². The lowest BCUT2D eigenvalue weighted by molar-refractivity contribution is 0.639. The van der Waals surface area contributed by atoms with Crippen molar-refractivity contribution in [3.63, 3.8) is 0 Å². The van der Waals surface area contributed by atoms with Gasteiger partial charge in [-0.05, 0) is 37.3 Å². The van der Waals surface area contributed by atoms with E-state index in [4.69, 9.17) is 12.2 Å². The summed E-state index contributed by atoms with van der Waals surface area (Å²) in [5.74, 6) is 0. The molecule has 0 atom stereocenters. The molecule has 3 aromatic heterocycles. The van der Waals surface area contributed by atoms with Gasteiger partial charge in [-0.3, -0.25) is 4.68 Å². The van der Waals surface area contributed by atoms with Crippen molar-refractivity contribution in [3.05, 3.63) is 40.6 Å². The van der Waals surface area contributed by atoms with Crippen LogP contribution in [0.25, 0.3) is 11.2 Å². The first-order valence-corrected chi connectivity index (χ1v) is 6.59. The van der Waals surface area contributed by atoms with Gasteiger partial charge >= 0.3 is 0 Å². The molecule has 0 saturated heterocycles. The standard InChI is InChI=1S/C13H15N5S/c1-9-3-4-11-12(15-9)18(13(19)16-11)8-6-10-5-7-14-17(10)2/h3-5,7H,6,8H2,1-2H3,(H,16,19). The average molecular weight is 273 g/mol. The Kier molecular flexibility index (Phi) is 2.94. The van der Waals surface area contributed by atoms with Crippen molar-refractivity contribution in [2.24, 2.45) is 7.05 Å². The summed E-state index contributed by atoms with van der Waals surface area (Å²) in [6.45, 7) is 2.79. The van der Waals surface area contributed by atoms with Crippen LogP contribution in [0, 0.1) is 11.7 Å². The van der Waals surface area contributed by atoms with Crippen LogP contribution < -0.4 is 0 Å². The van der Waals surface area contributed by atoms with E-state index < -0.39 is 0 Å². The molecule has 3 heterocycles. The summed E-state index contributed by atoms with van der Waals surface area (Å²) in [6.07, 6.45) is 2.69. The smallest absolute Gasteiger partial charge is 0.179 e. The SMILES string of the molecule is Cc1ccc2[nH]c(=S)n(CCc3ccnn3C)c2n1. The predicted octanol–water partition coefficient (Wildman–Crippen LogP) is 2.38. The average Bonchev–Trinajstić information content (AvgIpc) is 2.90. The fraction of sp³-hybridized carbons (Fsp3) is 0.308. The molecule has 0 amide bonds. The summed E-state index contributed by atoms with van der Waals surface area (Å²) >= 11 is 5.37. The molecule has 98 valence electrons. The summed E-state index contributed by atoms with van der Waals surface area (Å²) in [6, 6.07) is 6.03. The van der Waals surface area contributed by atoms with Crippen LogP contribution in [0.1, 0.15) is 11.4 Å². The first-order chi connectivity index (χ1) is 9.15. The van der Waals surface area contributed by atoms with Crippen LogP contribution >= 0.6 is 12.2 Å². The van der Waals surface area contributed by atoms with Gasteiger partial charge in [0.05, 0.1) is 5.52 Å². The quantitative estimate of drug-likeness (QED) is 0.745. The van der Waals surface area contributed by atoms with Crippen molar-refractivity contribution < 1.29 is 0 Å². The van der Waals surface area contributed by atoms with Gasteiger partial charge in [0.2, 0.25) is 0 Å². The van der Waals surface area contributed by atoms with Gasteiger partial charge in [-0.1, -0.05) is 0 Å². The maximum Gasteiger partial charge on any atom is 0.179 e. The molecule has 0 fully saturated rings. The summed E-state index contributed by atoms with van der Waals surface area (Å²) in [4.78, 5) is 7.75. The van der Waals surface area contributed by atoms with E-state index in [0.717, 1.165) is 34.6 Å². The molecule has 0 aliphatic rings. The lowest BCUT2D eigenvalue weighted by Gasteiger charge is -2.05. The zero-order chi connectivity index (χ0) is 13.4. The van der Waals surface area contributed by atoms with E-state index in [-0.39, 0.29) is 0 Å². The van der Waals surface area contributed by atoms with Gasteiger partial charge < -0.3 is 9.55 Å². The highest BCUT2D eigenvalue weighted by Gasteiger charge is 2.07. The van der Waals surface area contributed by atoms with Crippen LogP contribution in [0.3, 0.4) is 0 Å². The molecular weight excluding hydrogens is 258 g/mol. The molecule has 0 radical (unpaired) electrons. The molecule has 0 bridgehead atoms. The Balaban J connectivity index is 1.96. The first-order valence-electron chi connectivity index (χ1n) is 6.18. The number of aryl methyl sites for hydroxylation is 4. The Morgan fingerprint density at radius 1 is 1.32 bits per heavy atom. The molecule has 0 unspecified atom stereocenters. The van der Waals surface area contributed by atoms with Crippen LogP contribution in [-0.4, -0.2) is 24.3 Å². The molecule has 19 heavy (non-hydrogen) atoms. The number of imidazole rings is 1. The minimum atomic E-state index is 0.718. The number of rotatable bonds is 3. The van der Waals surface area contributed by atoms with Crippen molar-refractivity contribution in [1.82, 2.24) is 24.3 Å². The number of H-pyrrole nitrogens is 1. The van der Waals surface area contributed by atoms with Crippen LogP contribution in [0.15, 0.2) is 24.4 Å². The van der Waals surface area contributed by atoms with Crippen LogP contribution in [0.4, 0.5) is 0 Å². The third kappa shape index (κ3) is 2.19. The maximum atomic E-state index is 5.37. The number of pyridine rings is 1. The second-order valence-electron chi connectivity index (χ2n) is 4.60. The van der Waals surface area contributed by atoms with E-state index in [2.05, 4.69) is 15.1 Å². The van der Waals surface area contributed by atoms with Gasteiger partial charge in [0, 0.05) is 37.6 Å². The van der Waals surface area contributed by atoms with Gasteiger partial charge in [-0.25, -0.2) is 4.98 Å². The predicted molar refractivity (Wildman–Crippen MR) is 76.6 cm³/mol. The van der Waals surface area contributed by atoms with Gasteiger partial charge in [0.15, 0.2) is 10.4 Å². The summed E-state index contributed by atoms with van der Waals surface area (Å²) < 4.78 is 4.65. The van der Waals surface area contributed by atoms with E-state index >= 15 is 0 Å². The molecule has 5 nitrogen and oxygen atoms in total. The van der Waals surface area contributed by atoms with E-state index in [0.29, 0.717) is 0 Å². The largest absolute Gasteiger partial charge is 0.329 e. The molecule has 1 N–H and O–H groups in total. The van der Waals surface area contributed by atoms with E-state index in [1.807, 2.05) is 47.6 Å². The van der Waals surface area contributed by atoms with Crippen molar-refractivity contribution in [3.8, 4) is 0 Å². The zero-order valence-electron chi connectivity index (χ0n) is 10.9. The van der Waals surface area contributed by atoms with Crippen molar-refractivity contribution in [1.29, 1.82) is 0 Å². The summed E-state index contributed by atoms with van der Waals surface area (Å²) in [7, 11) is 1.95. The van der Waals surface area contributed by atoms with E-state index in [1.165, 1.54) is 5.69 Å². The van der Waals surface area contributed by atoms with Crippen molar-refractivity contribution in [2.75, 3.05) is 0 Å². The number of aromatic nitrogens is 5. The second-order valence-corrected chi connectivity index (χ2v) is 4.99. The molecule has 0 aliphatic heterocycles. The fourth-order valence-corrected chi connectivity index (χ4v) is 2.49. The molecule has 3 rings (SSSR count). The highest BCUT2D eigenvalue weighted by Crippen LogP contribution is 2.13. The number of aromatic amines is 1. The normalized spacial score (nSPS) is 11.3. The molecule has 0 saturated carbocycles. The molecule has 0 spiro atoms. The molecule has 0 aromatic carbocycles. The molecule has 0 aliphatic carbocycles. The number of nitrogens with zero attached hydrogens (tertiary/aromatic N) is 4. The molecule has 3 aromatic rings. The first kappa shape index (κ1) is 12.1. The third-order valence-electron chi connectivity index (χ3n) is 3.27. The molecule has 6 heteroatoms. The van der Waals surface area contributed by atoms with Crippen molar-refractivity contribution >= 4 is 23.4 Å². The lowest BCUT2D eigenvalue weighted by Crippen LogP contribution is -2.06. The Morgan fingerprint density at radius 2 is 2.16 bits per heavy atom. The second kappa shape index (κ2) is 4.62. The highest BCUT2D eigenvalue weighted by molar-refractivity contribution is 7.71. The third-order valence-corrected chi connectivity index (χ3v) is 3.59. The number of fused-ring (bicyclic) bond motifs is 1. The number of hydrogen-bond acceptors (Lipinski definition) is 3. The lowest BCUT2D eigenvalue weighted by atomic mass is 10.3. The Morgan fingerprint density at radius 3 is 2.89 bits per heavy atom. The Bertz CT molecular complexity index is 780. The summed E-state index contributed by atoms with van der Waals surface area (Å²) in [5.41, 5.74) is 4.09. The fourth-order valence-electron chi connectivity index (χ4n) is 2.21. The number of nitrogens with one attached hydrogen (secondary N) is 1. The van der Waals surface area contributed by atoms with Gasteiger partial charge in [-0.2, -0.15) is 5.10 Å². The van der Waals surface area contributed by atoms with Crippen LogP contribution in [0.5, 0.6) is 0 Å². The van der Waals surface area contributed by atoms with Gasteiger partial charge in [0.25, 0.3) is 0 Å². The van der Waals surface area contributed by atoms with Crippen LogP contribution in [-0.2, 0) is 20.0 Å². The number of hydrogen-bond donors (Lipinski definition) is 1. The maximum absolute atomic E-state index is 5.37. The monoisotopic (exact) mass is 273 g/mol. The van der Waals surface area contributed by atoms with Crippen molar-refractivity contribution in [2.45, 2.75) is 19.9 Å². The van der Waals surface area contributed by atoms with Crippen LogP contribution in [0.2, 0.25) is 0 Å². The summed E-state index contributed by atoms with van der Waals surface area (Å²) in [5, 5.41) is 4.17. The minimum Gasteiger partial charge on any atom is -0.329 e. The zero-order valence-corrected chi connectivity index (χ0v) is 11.7. The van der Waals surface area contributed by atoms with Gasteiger partial charge in [0.1, 0.15) is 0 Å². The Labute approximate surface area is 115 Å². The minimum absolute atomic E-state index is 0.718. The highest BCUT2D eigenvalue weighted by atomic mass is 32.1. The van der Waals surface area contributed by atoms with E-state index in [9.17, 15) is 0 Å². The molecular formula is C13H15N5S. The Hall–Kier alpha value is -1.95. The van der Waals surface area contributed by atoms with E-state index in [1.54, 1.807) is 0 Å².